The molecule has 10 heteroatoms. The van der Waals surface area contributed by atoms with Gasteiger partial charge in [0.1, 0.15) is 6.17 Å². The minimum Gasteiger partial charge on any atom is -0.448 e. The number of aromatic nitrogens is 1. The van der Waals surface area contributed by atoms with Crippen LogP contribution in [0.3, 0.4) is 0 Å². The highest BCUT2D eigenvalue weighted by atomic mass is 35.5. The Morgan fingerprint density at radius 2 is 1.84 bits per heavy atom. The summed E-state index contributed by atoms with van der Waals surface area (Å²) in [6, 6.07) is 4.19. The first-order valence-electron chi connectivity index (χ1n) is 13.2. The van der Waals surface area contributed by atoms with Crippen LogP contribution in [-0.2, 0) is 6.54 Å². The molecule has 2 heterocycles. The lowest BCUT2D eigenvalue weighted by molar-refractivity contribution is -0.121. The molecule has 1 aliphatic heterocycles. The fourth-order valence-electron chi connectivity index (χ4n) is 5.85. The molecule has 1 aromatic carbocycles. The third kappa shape index (κ3) is 5.29. The number of rotatable bonds is 7. The summed E-state index contributed by atoms with van der Waals surface area (Å²) < 4.78 is 25.9. The van der Waals surface area contributed by atoms with Crippen molar-refractivity contribution in [3.05, 3.63) is 49.9 Å². The molecule has 2 fully saturated rings. The molecule has 38 heavy (non-hydrogen) atoms. The second-order valence-corrected chi connectivity index (χ2v) is 12.2. The lowest BCUT2D eigenvalue weighted by Crippen LogP contribution is -2.51. The predicted octanol–water partition coefficient (Wildman–Crippen LogP) is 5.43. The van der Waals surface area contributed by atoms with E-state index in [1.165, 1.54) is 11.8 Å². The molecule has 0 bridgehead atoms. The highest BCUT2D eigenvalue weighted by molar-refractivity contribution is 7.98. The molecule has 2 aromatic rings. The Morgan fingerprint density at radius 3 is 2.50 bits per heavy atom. The van der Waals surface area contributed by atoms with Crippen LogP contribution in [0.5, 0.6) is 11.5 Å². The first kappa shape index (κ1) is 27.3. The van der Waals surface area contributed by atoms with E-state index in [9.17, 15) is 14.0 Å². The summed E-state index contributed by atoms with van der Waals surface area (Å²) >= 11 is 8.06. The Morgan fingerprint density at radius 1 is 1.16 bits per heavy atom. The minimum atomic E-state index is -0.875. The van der Waals surface area contributed by atoms with Crippen molar-refractivity contribution in [2.24, 2.45) is 5.92 Å². The van der Waals surface area contributed by atoms with Crippen molar-refractivity contribution >= 4 is 29.3 Å². The van der Waals surface area contributed by atoms with Crippen LogP contribution in [-0.4, -0.2) is 41.2 Å². The number of hydrogen-bond acceptors (Lipinski definition) is 6. The molecule has 1 aromatic heterocycles. The Balaban J connectivity index is 1.26. The number of thioether (sulfide) groups is 1. The number of hydrogen-bond donors (Lipinski definition) is 3. The number of carbonyl (C=O) groups is 1. The van der Waals surface area contributed by atoms with Crippen molar-refractivity contribution in [3.8, 4) is 11.5 Å². The van der Waals surface area contributed by atoms with Gasteiger partial charge in [-0.05, 0) is 70.8 Å². The summed E-state index contributed by atoms with van der Waals surface area (Å²) in [4.78, 5) is 29.3. The summed E-state index contributed by atoms with van der Waals surface area (Å²) in [5.41, 5.74) is 2.11. The van der Waals surface area contributed by atoms with Crippen LogP contribution in [0.4, 0.5) is 4.39 Å². The number of H-pyrrole nitrogens is 1. The minimum absolute atomic E-state index is 0.0952. The van der Waals surface area contributed by atoms with E-state index in [1.54, 1.807) is 6.07 Å². The van der Waals surface area contributed by atoms with Gasteiger partial charge in [-0.3, -0.25) is 9.59 Å². The molecule has 2 saturated carbocycles. The van der Waals surface area contributed by atoms with Crippen molar-refractivity contribution in [2.45, 2.75) is 94.8 Å². The molecule has 3 N–H and O–H groups in total. The van der Waals surface area contributed by atoms with Gasteiger partial charge >= 0.3 is 0 Å². The number of aromatic amines is 1. The van der Waals surface area contributed by atoms with Crippen LogP contribution >= 0.6 is 23.4 Å². The third-order valence-corrected chi connectivity index (χ3v) is 9.27. The van der Waals surface area contributed by atoms with Gasteiger partial charge in [-0.25, -0.2) is 4.39 Å². The van der Waals surface area contributed by atoms with Gasteiger partial charge in [-0.15, -0.1) is 11.8 Å². The normalized spacial score (nSPS) is 28.2. The fourth-order valence-corrected chi connectivity index (χ4v) is 6.79. The van der Waals surface area contributed by atoms with E-state index < -0.39 is 12.0 Å². The lowest BCUT2D eigenvalue weighted by atomic mass is 9.80. The van der Waals surface area contributed by atoms with Gasteiger partial charge < -0.3 is 25.1 Å². The number of carbonyl (C=O) groups excluding carboxylic acids is 1. The zero-order valence-corrected chi connectivity index (χ0v) is 23.8. The maximum Gasteiger partial charge on any atom is 0.254 e. The first-order chi connectivity index (χ1) is 18.1. The summed E-state index contributed by atoms with van der Waals surface area (Å²) in [5, 5.41) is 6.78. The number of alkyl halides is 1. The molecule has 0 spiro atoms. The standard InChI is InChI=1S/C28H35ClFN3O4S/c1-14-9-23(38-4)21(27(35)32-14)13-31-26(34)20-12-22(29)25-24(15(20)2)36-28(3,37-25)16-5-7-18(8-6-16)33-19-10-17(30)11-19/h9,12,16-19,33H,5-8,10-11,13H2,1-4H3,(H,31,34)(H,32,35)/t16?,17?,18?,19?,28-/m0/s1. The van der Waals surface area contributed by atoms with E-state index in [2.05, 4.69) is 15.6 Å². The average molecular weight is 564 g/mol. The number of ether oxygens (including phenoxy) is 2. The van der Waals surface area contributed by atoms with Gasteiger partial charge in [0, 0.05) is 58.7 Å². The van der Waals surface area contributed by atoms with E-state index in [0.29, 0.717) is 58.1 Å². The molecule has 0 radical (unpaired) electrons. The van der Waals surface area contributed by atoms with Crippen molar-refractivity contribution in [3.63, 3.8) is 0 Å². The van der Waals surface area contributed by atoms with Crippen LogP contribution in [0.15, 0.2) is 21.8 Å². The average Bonchev–Trinajstić information content (AvgIpc) is 3.24. The summed E-state index contributed by atoms with van der Waals surface area (Å²) in [7, 11) is 0. The second-order valence-electron chi connectivity index (χ2n) is 10.9. The number of fused-ring (bicyclic) bond motifs is 1. The summed E-state index contributed by atoms with van der Waals surface area (Å²) in [6.45, 7) is 5.68. The molecule has 206 valence electrons. The zero-order chi connectivity index (χ0) is 27.2. The molecule has 1 amide bonds. The highest BCUT2D eigenvalue weighted by Crippen LogP contribution is 2.51. The predicted molar refractivity (Wildman–Crippen MR) is 147 cm³/mol. The summed E-state index contributed by atoms with van der Waals surface area (Å²) in [6.07, 6.45) is 6.28. The van der Waals surface area contributed by atoms with Crippen LogP contribution in [0.2, 0.25) is 5.02 Å². The Hall–Kier alpha value is -2.23. The smallest absolute Gasteiger partial charge is 0.254 e. The number of aryl methyl sites for hydroxylation is 1. The number of nitrogens with one attached hydrogen (secondary N) is 3. The van der Waals surface area contributed by atoms with Gasteiger partial charge in [-0.1, -0.05) is 11.6 Å². The molecule has 0 unspecified atom stereocenters. The van der Waals surface area contributed by atoms with Crippen molar-refractivity contribution in [1.29, 1.82) is 0 Å². The van der Waals surface area contributed by atoms with E-state index in [1.807, 2.05) is 33.1 Å². The molecular weight excluding hydrogens is 529 g/mol. The molecule has 5 rings (SSSR count). The monoisotopic (exact) mass is 563 g/mol. The quantitative estimate of drug-likeness (QED) is 0.389. The second kappa shape index (κ2) is 10.7. The SMILES string of the molecule is CSc1cc(C)[nH]c(=O)c1CNC(=O)c1cc(Cl)c2c(c1C)O[C@](C)(C1CCC(NC3CC(F)C3)CC1)O2. The third-order valence-electron chi connectivity index (χ3n) is 8.19. The van der Waals surface area contributed by atoms with Gasteiger partial charge in [0.2, 0.25) is 0 Å². The maximum absolute atomic E-state index is 13.2. The van der Waals surface area contributed by atoms with Gasteiger partial charge in [-0.2, -0.15) is 0 Å². The van der Waals surface area contributed by atoms with Crippen LogP contribution < -0.4 is 25.7 Å². The first-order valence-corrected chi connectivity index (χ1v) is 14.8. The highest BCUT2D eigenvalue weighted by Gasteiger charge is 2.47. The topological polar surface area (TPSA) is 92.5 Å². The molecule has 3 aliphatic rings. The lowest BCUT2D eigenvalue weighted by Gasteiger charge is -2.40. The maximum atomic E-state index is 13.2. The fraction of sp³-hybridized carbons (Fsp3) is 0.571. The number of pyridine rings is 1. The van der Waals surface area contributed by atoms with Gasteiger partial charge in [0.25, 0.3) is 17.3 Å². The van der Waals surface area contributed by atoms with Crippen LogP contribution in [0.25, 0.3) is 0 Å². The van der Waals surface area contributed by atoms with Crippen molar-refractivity contribution in [2.75, 3.05) is 6.26 Å². The van der Waals surface area contributed by atoms with E-state index in [-0.39, 0.29) is 23.9 Å². The van der Waals surface area contributed by atoms with E-state index >= 15 is 0 Å². The Labute approximate surface area is 231 Å². The Bertz CT molecular complexity index is 1290. The van der Waals surface area contributed by atoms with E-state index in [0.717, 1.165) is 36.3 Å². The van der Waals surface area contributed by atoms with Gasteiger partial charge in [0.15, 0.2) is 11.5 Å². The Kier molecular flexibility index (Phi) is 7.73. The van der Waals surface area contributed by atoms with Crippen molar-refractivity contribution < 1.29 is 18.7 Å². The van der Waals surface area contributed by atoms with Crippen molar-refractivity contribution in [1.82, 2.24) is 15.6 Å². The molecule has 7 nitrogen and oxygen atoms in total. The number of benzene rings is 1. The van der Waals surface area contributed by atoms with E-state index in [4.69, 9.17) is 21.1 Å². The molecule has 0 saturated heterocycles. The summed E-state index contributed by atoms with van der Waals surface area (Å²) in [5.74, 6) is -0.0955. The van der Waals surface area contributed by atoms with Crippen LogP contribution in [0, 0.1) is 19.8 Å². The number of halogens is 2. The van der Waals surface area contributed by atoms with Gasteiger partial charge in [0.05, 0.1) is 5.02 Å². The molecule has 1 atom stereocenters. The largest absolute Gasteiger partial charge is 0.448 e. The zero-order valence-electron chi connectivity index (χ0n) is 22.2. The van der Waals surface area contributed by atoms with Crippen LogP contribution in [0.1, 0.15) is 72.6 Å². The number of amides is 1. The molecule has 2 aliphatic carbocycles. The molecular formula is C28H35ClFN3O4S.